The van der Waals surface area contributed by atoms with Gasteiger partial charge < -0.3 is 21.1 Å². The molecular weight excluding hydrogens is 325 g/mol. The number of rotatable bonds is 3. The molecule has 8 heteroatoms. The van der Waals surface area contributed by atoms with Crippen molar-refractivity contribution in [1.29, 1.82) is 0 Å². The van der Waals surface area contributed by atoms with Crippen molar-refractivity contribution in [2.75, 3.05) is 11.1 Å². The molecule has 128 valence electrons. The van der Waals surface area contributed by atoms with Crippen LogP contribution in [0.1, 0.15) is 34.6 Å². The number of nitrogens with two attached hydrogens (primary N) is 1. The molecule has 0 bridgehead atoms. The van der Waals surface area contributed by atoms with E-state index in [1.165, 1.54) is 19.9 Å². The molecule has 0 aromatic heterocycles. The number of carbonyl (C=O) groups excluding carboxylic acids is 2. The van der Waals surface area contributed by atoms with Crippen molar-refractivity contribution < 1.29 is 18.7 Å². The molecule has 0 heterocycles. The van der Waals surface area contributed by atoms with Crippen LogP contribution in [0, 0.1) is 5.82 Å². The third-order valence-electron chi connectivity index (χ3n) is 2.72. The number of ether oxygens (including phenoxy) is 1. The molecule has 0 radical (unpaired) electrons. The highest BCUT2D eigenvalue weighted by molar-refractivity contribution is 6.33. The first-order valence-corrected chi connectivity index (χ1v) is 7.27. The maximum absolute atomic E-state index is 13.5. The van der Waals surface area contributed by atoms with Gasteiger partial charge in [-0.15, -0.1) is 0 Å². The maximum Gasteiger partial charge on any atom is 0.408 e. The predicted molar refractivity (Wildman–Crippen MR) is 87.9 cm³/mol. The molecule has 2 amide bonds. The van der Waals surface area contributed by atoms with Crippen LogP contribution in [-0.4, -0.2) is 23.1 Å². The lowest BCUT2D eigenvalue weighted by Crippen LogP contribution is -2.53. The fourth-order valence-corrected chi connectivity index (χ4v) is 1.77. The van der Waals surface area contributed by atoms with E-state index in [0.717, 1.165) is 6.07 Å². The van der Waals surface area contributed by atoms with Gasteiger partial charge in [-0.1, -0.05) is 11.6 Å². The molecule has 0 atom stereocenters. The number of nitrogen functional groups attached to an aromatic ring is 1. The summed E-state index contributed by atoms with van der Waals surface area (Å²) in [4.78, 5) is 24.0. The fraction of sp³-hybridized carbons (Fsp3) is 0.467. The quantitative estimate of drug-likeness (QED) is 0.733. The van der Waals surface area contributed by atoms with E-state index in [4.69, 9.17) is 22.1 Å². The lowest BCUT2D eigenvalue weighted by molar-refractivity contribution is -0.121. The van der Waals surface area contributed by atoms with Crippen LogP contribution < -0.4 is 16.4 Å². The van der Waals surface area contributed by atoms with Crippen LogP contribution in [0.15, 0.2) is 12.1 Å². The van der Waals surface area contributed by atoms with Crippen molar-refractivity contribution in [1.82, 2.24) is 5.32 Å². The molecule has 0 spiro atoms. The van der Waals surface area contributed by atoms with Crippen LogP contribution in [0.4, 0.5) is 20.6 Å². The third kappa shape index (κ3) is 5.59. The highest BCUT2D eigenvalue weighted by atomic mass is 35.5. The van der Waals surface area contributed by atoms with Crippen LogP contribution in [0.25, 0.3) is 0 Å². The molecular formula is C15H21ClFN3O3. The molecule has 1 aromatic carbocycles. The number of hydrogen-bond donors (Lipinski definition) is 3. The summed E-state index contributed by atoms with van der Waals surface area (Å²) in [5.41, 5.74) is 3.36. The van der Waals surface area contributed by atoms with Crippen molar-refractivity contribution in [3.8, 4) is 0 Å². The third-order valence-corrected chi connectivity index (χ3v) is 3.03. The van der Waals surface area contributed by atoms with Gasteiger partial charge in [0.1, 0.15) is 17.0 Å². The highest BCUT2D eigenvalue weighted by Gasteiger charge is 2.31. The lowest BCUT2D eigenvalue weighted by Gasteiger charge is -2.27. The van der Waals surface area contributed by atoms with Crippen molar-refractivity contribution in [2.45, 2.75) is 45.8 Å². The van der Waals surface area contributed by atoms with Crippen molar-refractivity contribution in [3.63, 3.8) is 0 Å². The Morgan fingerprint density at radius 3 is 2.26 bits per heavy atom. The Labute approximate surface area is 139 Å². The minimum atomic E-state index is -1.29. The van der Waals surface area contributed by atoms with Gasteiger partial charge in [-0.05, 0) is 46.8 Å². The van der Waals surface area contributed by atoms with Crippen LogP contribution in [-0.2, 0) is 9.53 Å². The van der Waals surface area contributed by atoms with Crippen molar-refractivity contribution in [2.24, 2.45) is 0 Å². The average Bonchev–Trinajstić information content (AvgIpc) is 2.32. The van der Waals surface area contributed by atoms with Crippen molar-refractivity contribution in [3.05, 3.63) is 23.0 Å². The van der Waals surface area contributed by atoms with Crippen LogP contribution in [0.5, 0.6) is 0 Å². The standard InChI is InChI=1S/C15H21ClFN3O3/c1-14(2,3)23-13(22)20-15(4,5)12(21)19-8-6-9(16)11(18)10(17)7-8/h6-7H,18H2,1-5H3,(H,19,21)(H,20,22). The van der Waals surface area contributed by atoms with Gasteiger partial charge in [0.05, 0.1) is 10.7 Å². The fourth-order valence-electron chi connectivity index (χ4n) is 1.56. The van der Waals surface area contributed by atoms with Crippen LogP contribution in [0.3, 0.4) is 0 Å². The Balaban J connectivity index is 2.81. The van der Waals surface area contributed by atoms with E-state index in [2.05, 4.69) is 10.6 Å². The average molecular weight is 346 g/mol. The number of halogens is 2. The normalized spacial score (nSPS) is 11.8. The lowest BCUT2D eigenvalue weighted by atomic mass is 10.0. The molecule has 0 aliphatic carbocycles. The monoisotopic (exact) mass is 345 g/mol. The molecule has 0 aliphatic rings. The van der Waals surface area contributed by atoms with Crippen LogP contribution >= 0.6 is 11.6 Å². The smallest absolute Gasteiger partial charge is 0.408 e. The SMILES string of the molecule is CC(C)(C)OC(=O)NC(C)(C)C(=O)Nc1cc(F)c(N)c(Cl)c1. The predicted octanol–water partition coefficient (Wildman–Crippen LogP) is 3.30. The van der Waals surface area contributed by atoms with Crippen molar-refractivity contribution >= 4 is 35.0 Å². The number of anilines is 2. The first kappa shape index (κ1) is 19.0. The Hall–Kier alpha value is -2.02. The number of hydrogen-bond acceptors (Lipinski definition) is 4. The highest BCUT2D eigenvalue weighted by Crippen LogP contribution is 2.26. The molecule has 23 heavy (non-hydrogen) atoms. The zero-order valence-electron chi connectivity index (χ0n) is 13.7. The summed E-state index contributed by atoms with van der Waals surface area (Å²) in [5.74, 6) is -1.31. The van der Waals surface area contributed by atoms with Gasteiger partial charge in [0.15, 0.2) is 0 Å². The van der Waals surface area contributed by atoms with E-state index in [9.17, 15) is 14.0 Å². The molecule has 0 unspecified atom stereocenters. The number of benzene rings is 1. The molecule has 0 aliphatic heterocycles. The molecule has 1 aromatic rings. The molecule has 0 saturated carbocycles. The van der Waals surface area contributed by atoms with E-state index >= 15 is 0 Å². The van der Waals surface area contributed by atoms with E-state index in [0.29, 0.717) is 0 Å². The van der Waals surface area contributed by atoms with E-state index < -0.39 is 29.0 Å². The second-order valence-corrected chi connectivity index (χ2v) is 6.97. The number of amides is 2. The Morgan fingerprint density at radius 2 is 1.78 bits per heavy atom. The summed E-state index contributed by atoms with van der Waals surface area (Å²) >= 11 is 5.77. The summed E-state index contributed by atoms with van der Waals surface area (Å²) in [6.45, 7) is 8.10. The van der Waals surface area contributed by atoms with Gasteiger partial charge in [-0.25, -0.2) is 9.18 Å². The van der Waals surface area contributed by atoms with Gasteiger partial charge >= 0.3 is 6.09 Å². The van der Waals surface area contributed by atoms with E-state index in [1.807, 2.05) is 0 Å². The van der Waals surface area contributed by atoms with Gasteiger partial charge in [0.2, 0.25) is 5.91 Å². The summed E-state index contributed by atoms with van der Waals surface area (Å²) in [5, 5.41) is 4.90. The van der Waals surface area contributed by atoms with Crippen LogP contribution in [0.2, 0.25) is 5.02 Å². The topological polar surface area (TPSA) is 93.4 Å². The molecule has 6 nitrogen and oxygen atoms in total. The first-order chi connectivity index (χ1) is 10.3. The zero-order valence-corrected chi connectivity index (χ0v) is 14.5. The van der Waals surface area contributed by atoms with E-state index in [1.54, 1.807) is 20.8 Å². The Morgan fingerprint density at radius 1 is 1.22 bits per heavy atom. The largest absolute Gasteiger partial charge is 0.444 e. The Kier molecular flexibility index (Phi) is 5.47. The molecule has 4 N–H and O–H groups in total. The molecule has 0 saturated heterocycles. The summed E-state index contributed by atoms with van der Waals surface area (Å²) in [6, 6.07) is 2.37. The number of carbonyl (C=O) groups is 2. The van der Waals surface area contributed by atoms with E-state index in [-0.39, 0.29) is 16.4 Å². The summed E-state index contributed by atoms with van der Waals surface area (Å²) < 4.78 is 18.6. The second kappa shape index (κ2) is 6.62. The van der Waals surface area contributed by atoms with Gasteiger partial charge in [-0.3, -0.25) is 4.79 Å². The number of nitrogens with one attached hydrogen (secondary N) is 2. The second-order valence-electron chi connectivity index (χ2n) is 6.56. The maximum atomic E-state index is 13.5. The minimum absolute atomic E-state index is 0.0155. The minimum Gasteiger partial charge on any atom is -0.444 e. The zero-order chi connectivity index (χ0) is 18.0. The molecule has 0 fully saturated rings. The Bertz CT molecular complexity index is 604. The first-order valence-electron chi connectivity index (χ1n) is 6.89. The van der Waals surface area contributed by atoms with Gasteiger partial charge in [0, 0.05) is 5.69 Å². The number of alkyl carbamates (subject to hydrolysis) is 1. The summed E-state index contributed by atoms with van der Waals surface area (Å²) in [6.07, 6.45) is -0.737. The molecule has 1 rings (SSSR count). The van der Waals surface area contributed by atoms with Gasteiger partial charge in [0.25, 0.3) is 0 Å². The van der Waals surface area contributed by atoms with Gasteiger partial charge in [-0.2, -0.15) is 0 Å². The summed E-state index contributed by atoms with van der Waals surface area (Å²) in [7, 11) is 0.